The molecule has 0 radical (unpaired) electrons. The SMILES string of the molecule is CCNC(=NCCCOCCOC)NCCNC(=O)c1ccc(O)cc1.I. The van der Waals surface area contributed by atoms with Crippen molar-refractivity contribution >= 4 is 35.8 Å². The van der Waals surface area contributed by atoms with Gasteiger partial charge in [-0.05, 0) is 37.6 Å². The second-order valence-corrected chi connectivity index (χ2v) is 5.45. The highest BCUT2D eigenvalue weighted by molar-refractivity contribution is 14.0. The van der Waals surface area contributed by atoms with Crippen molar-refractivity contribution in [3.05, 3.63) is 29.8 Å². The van der Waals surface area contributed by atoms with Gasteiger partial charge < -0.3 is 30.5 Å². The van der Waals surface area contributed by atoms with Gasteiger partial charge in [-0.3, -0.25) is 9.79 Å². The van der Waals surface area contributed by atoms with Gasteiger partial charge in [0.05, 0.1) is 13.2 Å². The number of carbonyl (C=O) groups is 1. The Balaban J connectivity index is 0.00000676. The van der Waals surface area contributed by atoms with Crippen molar-refractivity contribution in [3.63, 3.8) is 0 Å². The van der Waals surface area contributed by atoms with Crippen LogP contribution in [0.15, 0.2) is 29.3 Å². The van der Waals surface area contributed by atoms with E-state index in [1.165, 1.54) is 12.1 Å². The molecule has 4 N–H and O–H groups in total. The molecule has 1 aromatic rings. The fourth-order valence-electron chi connectivity index (χ4n) is 2.02. The van der Waals surface area contributed by atoms with E-state index in [9.17, 15) is 9.90 Å². The first-order valence-electron chi connectivity index (χ1n) is 8.83. The lowest BCUT2D eigenvalue weighted by atomic mass is 10.2. The minimum atomic E-state index is -0.179. The number of methoxy groups -OCH3 is 1. The van der Waals surface area contributed by atoms with E-state index >= 15 is 0 Å². The summed E-state index contributed by atoms with van der Waals surface area (Å²) in [6.45, 7) is 6.28. The lowest BCUT2D eigenvalue weighted by Gasteiger charge is -2.12. The fourth-order valence-corrected chi connectivity index (χ4v) is 2.02. The van der Waals surface area contributed by atoms with Crippen LogP contribution in [0, 0.1) is 0 Å². The van der Waals surface area contributed by atoms with E-state index in [4.69, 9.17) is 9.47 Å². The molecule has 0 atom stereocenters. The second-order valence-electron chi connectivity index (χ2n) is 5.45. The molecule has 0 saturated heterocycles. The van der Waals surface area contributed by atoms with E-state index in [1.54, 1.807) is 19.2 Å². The van der Waals surface area contributed by atoms with E-state index in [0.29, 0.717) is 51.0 Å². The summed E-state index contributed by atoms with van der Waals surface area (Å²) >= 11 is 0. The summed E-state index contributed by atoms with van der Waals surface area (Å²) in [4.78, 5) is 16.4. The summed E-state index contributed by atoms with van der Waals surface area (Å²) in [6, 6.07) is 6.14. The Morgan fingerprint density at radius 1 is 1.07 bits per heavy atom. The molecule has 27 heavy (non-hydrogen) atoms. The van der Waals surface area contributed by atoms with E-state index in [2.05, 4.69) is 20.9 Å². The van der Waals surface area contributed by atoms with Crippen LogP contribution in [0.25, 0.3) is 0 Å². The number of guanidine groups is 1. The van der Waals surface area contributed by atoms with Crippen LogP contribution in [-0.2, 0) is 9.47 Å². The topological polar surface area (TPSA) is 104 Å². The monoisotopic (exact) mass is 494 g/mol. The van der Waals surface area contributed by atoms with Gasteiger partial charge in [-0.25, -0.2) is 0 Å². The summed E-state index contributed by atoms with van der Waals surface area (Å²) < 4.78 is 10.3. The highest BCUT2D eigenvalue weighted by Crippen LogP contribution is 2.09. The number of nitrogens with one attached hydrogen (secondary N) is 3. The Labute approximate surface area is 178 Å². The molecule has 0 aliphatic heterocycles. The Hall–Kier alpha value is -1.59. The Morgan fingerprint density at radius 2 is 1.78 bits per heavy atom. The molecular formula is C18H31IN4O4. The summed E-state index contributed by atoms with van der Waals surface area (Å²) in [6.07, 6.45) is 0.831. The summed E-state index contributed by atoms with van der Waals surface area (Å²) in [5.74, 6) is 0.670. The van der Waals surface area contributed by atoms with Crippen LogP contribution in [0.2, 0.25) is 0 Å². The van der Waals surface area contributed by atoms with Gasteiger partial charge in [0.2, 0.25) is 0 Å². The molecule has 0 aliphatic carbocycles. The Kier molecular flexibility index (Phi) is 15.6. The van der Waals surface area contributed by atoms with Crippen LogP contribution >= 0.6 is 24.0 Å². The van der Waals surface area contributed by atoms with Crippen LogP contribution in [0.4, 0.5) is 0 Å². The molecule has 0 aliphatic rings. The molecule has 9 heteroatoms. The zero-order valence-corrected chi connectivity index (χ0v) is 18.3. The number of hydrogen-bond donors (Lipinski definition) is 4. The van der Waals surface area contributed by atoms with Gasteiger partial charge in [0.25, 0.3) is 5.91 Å². The van der Waals surface area contributed by atoms with E-state index in [0.717, 1.165) is 13.0 Å². The first-order chi connectivity index (χ1) is 12.7. The third-order valence-corrected chi connectivity index (χ3v) is 3.33. The average Bonchev–Trinajstić information content (AvgIpc) is 2.64. The van der Waals surface area contributed by atoms with Gasteiger partial charge in [-0.15, -0.1) is 24.0 Å². The molecule has 1 rings (SSSR count). The predicted octanol–water partition coefficient (Wildman–Crippen LogP) is 1.35. The number of aromatic hydroxyl groups is 1. The van der Waals surface area contributed by atoms with Gasteiger partial charge in [-0.1, -0.05) is 0 Å². The Morgan fingerprint density at radius 3 is 2.44 bits per heavy atom. The molecule has 0 heterocycles. The molecule has 0 unspecified atom stereocenters. The highest BCUT2D eigenvalue weighted by Gasteiger charge is 2.04. The number of halogens is 1. The van der Waals surface area contributed by atoms with Crippen LogP contribution in [0.1, 0.15) is 23.7 Å². The van der Waals surface area contributed by atoms with Gasteiger partial charge >= 0.3 is 0 Å². The number of nitrogens with zero attached hydrogens (tertiary/aromatic N) is 1. The normalized spacial score (nSPS) is 10.8. The molecule has 0 fully saturated rings. The molecule has 1 aromatic carbocycles. The van der Waals surface area contributed by atoms with Gasteiger partial charge in [0.15, 0.2) is 5.96 Å². The van der Waals surface area contributed by atoms with Crippen LogP contribution in [0.3, 0.4) is 0 Å². The quantitative estimate of drug-likeness (QED) is 0.151. The minimum absolute atomic E-state index is 0. The number of ether oxygens (including phenoxy) is 2. The van der Waals surface area contributed by atoms with E-state index in [1.807, 2.05) is 6.92 Å². The number of benzene rings is 1. The lowest BCUT2D eigenvalue weighted by Crippen LogP contribution is -2.41. The van der Waals surface area contributed by atoms with Crippen molar-refractivity contribution in [2.45, 2.75) is 13.3 Å². The first-order valence-corrected chi connectivity index (χ1v) is 8.83. The number of phenols is 1. The van der Waals surface area contributed by atoms with E-state index < -0.39 is 0 Å². The summed E-state index contributed by atoms with van der Waals surface area (Å²) in [5, 5.41) is 18.4. The molecule has 1 amide bonds. The predicted molar refractivity (Wildman–Crippen MR) is 117 cm³/mol. The van der Waals surface area contributed by atoms with Crippen molar-refractivity contribution in [1.29, 1.82) is 0 Å². The molecule has 154 valence electrons. The highest BCUT2D eigenvalue weighted by atomic mass is 127. The van der Waals surface area contributed by atoms with Crippen LogP contribution in [0.5, 0.6) is 5.75 Å². The van der Waals surface area contributed by atoms with Gasteiger partial charge in [-0.2, -0.15) is 0 Å². The molecule has 0 aromatic heterocycles. The second kappa shape index (κ2) is 16.6. The largest absolute Gasteiger partial charge is 0.508 e. The molecular weight excluding hydrogens is 463 g/mol. The van der Waals surface area contributed by atoms with Crippen molar-refractivity contribution in [2.75, 3.05) is 53.1 Å². The molecule has 0 bridgehead atoms. The lowest BCUT2D eigenvalue weighted by molar-refractivity contribution is 0.0702. The number of amides is 1. The van der Waals surface area contributed by atoms with Crippen molar-refractivity contribution < 1.29 is 19.4 Å². The maximum atomic E-state index is 12.0. The third-order valence-electron chi connectivity index (χ3n) is 3.33. The van der Waals surface area contributed by atoms with Gasteiger partial charge in [0, 0.05) is 45.5 Å². The minimum Gasteiger partial charge on any atom is -0.508 e. The summed E-state index contributed by atoms with van der Waals surface area (Å²) in [5.41, 5.74) is 0.511. The smallest absolute Gasteiger partial charge is 0.251 e. The number of hydrogen-bond acceptors (Lipinski definition) is 5. The molecule has 8 nitrogen and oxygen atoms in total. The first kappa shape index (κ1) is 25.4. The van der Waals surface area contributed by atoms with Crippen LogP contribution in [-0.4, -0.2) is 70.1 Å². The standard InChI is InChI=1S/C18H30N4O4.HI/c1-3-19-18(21-9-4-12-26-14-13-25-2)22-11-10-20-17(24)15-5-7-16(23)8-6-15;/h5-8,23H,3-4,9-14H2,1-2H3,(H,20,24)(H2,19,21,22);1H. The third kappa shape index (κ3) is 12.4. The maximum Gasteiger partial charge on any atom is 0.251 e. The van der Waals surface area contributed by atoms with Crippen molar-refractivity contribution in [2.24, 2.45) is 4.99 Å². The average molecular weight is 494 g/mol. The number of carbonyl (C=O) groups excluding carboxylic acids is 1. The van der Waals surface area contributed by atoms with Crippen molar-refractivity contribution in [1.82, 2.24) is 16.0 Å². The zero-order chi connectivity index (χ0) is 19.0. The van der Waals surface area contributed by atoms with Gasteiger partial charge in [0.1, 0.15) is 5.75 Å². The Bertz CT molecular complexity index is 541. The van der Waals surface area contributed by atoms with Crippen LogP contribution < -0.4 is 16.0 Å². The summed E-state index contributed by atoms with van der Waals surface area (Å²) in [7, 11) is 1.65. The van der Waals surface area contributed by atoms with E-state index in [-0.39, 0.29) is 35.6 Å². The maximum absolute atomic E-state index is 12.0. The van der Waals surface area contributed by atoms with Crippen molar-refractivity contribution in [3.8, 4) is 5.75 Å². The fraction of sp³-hybridized carbons (Fsp3) is 0.556. The number of aliphatic imine (C=N–C) groups is 1. The molecule has 0 spiro atoms. The molecule has 0 saturated carbocycles. The number of phenolic OH excluding ortho intramolecular Hbond substituents is 1. The zero-order valence-electron chi connectivity index (χ0n) is 16.0. The number of rotatable bonds is 12.